The van der Waals surface area contributed by atoms with E-state index in [1.165, 1.54) is 11.3 Å². The Hall–Kier alpha value is -2.57. The number of halogens is 1. The molecule has 7 heteroatoms. The topological polar surface area (TPSA) is 60.5 Å². The lowest BCUT2D eigenvalue weighted by atomic mass is 10.2. The summed E-state index contributed by atoms with van der Waals surface area (Å²) in [5.74, 6) is 1.15. The Balaban J connectivity index is 1.58. The molecule has 3 rings (SSSR count). The van der Waals surface area contributed by atoms with Crippen LogP contribution in [0.2, 0.25) is 5.02 Å². The number of benzene rings is 2. The smallest absolute Gasteiger partial charge is 0.266 e. The van der Waals surface area contributed by atoms with Gasteiger partial charge < -0.3 is 9.47 Å². The molecule has 0 saturated carbocycles. The van der Waals surface area contributed by atoms with Gasteiger partial charge in [0, 0.05) is 16.0 Å². The van der Waals surface area contributed by atoms with Crippen molar-refractivity contribution < 1.29 is 14.3 Å². The zero-order chi connectivity index (χ0) is 19.9. The van der Waals surface area contributed by atoms with Crippen molar-refractivity contribution in [1.29, 1.82) is 0 Å². The Kier molecular flexibility index (Phi) is 6.90. The van der Waals surface area contributed by atoms with Crippen LogP contribution in [0.3, 0.4) is 0 Å². The normalized spacial score (nSPS) is 11.7. The zero-order valence-corrected chi connectivity index (χ0v) is 17.2. The third-order valence-corrected chi connectivity index (χ3v) is 4.86. The highest BCUT2D eigenvalue weighted by molar-refractivity contribution is 7.14. The van der Waals surface area contributed by atoms with Crippen LogP contribution in [0.15, 0.2) is 53.9 Å². The van der Waals surface area contributed by atoms with Crippen molar-refractivity contribution in [1.82, 2.24) is 4.98 Å². The second-order valence-electron chi connectivity index (χ2n) is 6.11. The van der Waals surface area contributed by atoms with Gasteiger partial charge >= 0.3 is 0 Å². The highest BCUT2D eigenvalue weighted by atomic mass is 35.5. The van der Waals surface area contributed by atoms with Crippen LogP contribution in [0.5, 0.6) is 11.5 Å². The van der Waals surface area contributed by atoms with Gasteiger partial charge in [-0.15, -0.1) is 11.3 Å². The van der Waals surface area contributed by atoms with Crippen molar-refractivity contribution in [3.05, 3.63) is 58.9 Å². The Bertz CT molecular complexity index is 910. The maximum atomic E-state index is 12.4. The number of thiazole rings is 1. The summed E-state index contributed by atoms with van der Waals surface area (Å²) in [4.78, 5) is 16.8. The number of rotatable bonds is 8. The van der Waals surface area contributed by atoms with Crippen molar-refractivity contribution in [2.45, 2.75) is 26.4 Å². The van der Waals surface area contributed by atoms with Crippen molar-refractivity contribution >= 4 is 34.0 Å². The van der Waals surface area contributed by atoms with Crippen LogP contribution in [0.4, 0.5) is 5.13 Å². The number of hydrogen-bond donors (Lipinski definition) is 1. The molecule has 0 fully saturated rings. The van der Waals surface area contributed by atoms with E-state index in [1.807, 2.05) is 29.6 Å². The third kappa shape index (κ3) is 5.47. The van der Waals surface area contributed by atoms with Crippen LogP contribution < -0.4 is 14.8 Å². The first kappa shape index (κ1) is 20.2. The van der Waals surface area contributed by atoms with Crippen LogP contribution in [-0.4, -0.2) is 23.6 Å². The van der Waals surface area contributed by atoms with Crippen molar-refractivity contribution in [2.75, 3.05) is 11.9 Å². The summed E-state index contributed by atoms with van der Waals surface area (Å²) in [5.41, 5.74) is 1.76. The summed E-state index contributed by atoms with van der Waals surface area (Å²) < 4.78 is 11.2. The molecule has 0 radical (unpaired) electrons. The first-order valence-corrected chi connectivity index (χ1v) is 10.2. The largest absolute Gasteiger partial charge is 0.494 e. The predicted octanol–water partition coefficient (Wildman–Crippen LogP) is 5.66. The highest BCUT2D eigenvalue weighted by Gasteiger charge is 2.17. The number of amides is 1. The highest BCUT2D eigenvalue weighted by Crippen LogP contribution is 2.27. The number of aromatic nitrogens is 1. The summed E-state index contributed by atoms with van der Waals surface area (Å²) in [6.07, 6.45) is 0.306. The maximum absolute atomic E-state index is 12.4. The Morgan fingerprint density at radius 1 is 1.14 bits per heavy atom. The molecule has 0 aliphatic rings. The number of carbonyl (C=O) groups excluding carboxylic acids is 1. The third-order valence-electron chi connectivity index (χ3n) is 3.85. The van der Waals surface area contributed by atoms with Gasteiger partial charge in [0.15, 0.2) is 11.2 Å². The minimum atomic E-state index is -0.663. The number of nitrogens with zero attached hydrogens (tertiary/aromatic N) is 1. The van der Waals surface area contributed by atoms with E-state index in [0.29, 0.717) is 22.5 Å². The molecule has 0 spiro atoms. The second kappa shape index (κ2) is 9.57. The van der Waals surface area contributed by atoms with Crippen LogP contribution in [0, 0.1) is 0 Å². The van der Waals surface area contributed by atoms with Gasteiger partial charge in [0.1, 0.15) is 11.5 Å². The van der Waals surface area contributed by atoms with Gasteiger partial charge in [-0.05, 0) is 61.9 Å². The molecule has 0 aliphatic heterocycles. The maximum Gasteiger partial charge on any atom is 0.266 e. The molecule has 1 aromatic heterocycles. The lowest BCUT2D eigenvalue weighted by Gasteiger charge is -2.13. The first-order chi connectivity index (χ1) is 13.5. The van der Waals surface area contributed by atoms with Gasteiger partial charge in [-0.3, -0.25) is 10.1 Å². The van der Waals surface area contributed by atoms with E-state index in [4.69, 9.17) is 21.1 Å². The Labute approximate surface area is 173 Å². The quantitative estimate of drug-likeness (QED) is 0.514. The van der Waals surface area contributed by atoms with Crippen LogP contribution in [-0.2, 0) is 4.79 Å². The molecule has 5 nitrogen and oxygen atoms in total. The van der Waals surface area contributed by atoms with E-state index in [-0.39, 0.29) is 5.91 Å². The molecule has 3 aromatic rings. The van der Waals surface area contributed by atoms with Gasteiger partial charge in [-0.25, -0.2) is 4.98 Å². The standard InChI is InChI=1S/C21H21ClN2O3S/c1-3-12-26-17-8-4-15(5-9-17)19-13-28-21(23-19)24-20(25)14(2)27-18-10-6-16(22)7-11-18/h4-11,13-14H,3,12H2,1-2H3,(H,23,24,25)/t14-/m0/s1. The van der Waals surface area contributed by atoms with E-state index in [2.05, 4.69) is 17.2 Å². The number of nitrogens with one attached hydrogen (secondary N) is 1. The second-order valence-corrected chi connectivity index (χ2v) is 7.41. The van der Waals surface area contributed by atoms with Crippen LogP contribution in [0.25, 0.3) is 11.3 Å². The fourth-order valence-electron chi connectivity index (χ4n) is 2.38. The molecule has 0 unspecified atom stereocenters. The monoisotopic (exact) mass is 416 g/mol. The molecule has 28 heavy (non-hydrogen) atoms. The molecule has 1 amide bonds. The van der Waals surface area contributed by atoms with E-state index >= 15 is 0 Å². The minimum absolute atomic E-state index is 0.265. The molecule has 0 saturated heterocycles. The fourth-order valence-corrected chi connectivity index (χ4v) is 3.23. The number of anilines is 1. The van der Waals surface area contributed by atoms with Crippen LogP contribution >= 0.6 is 22.9 Å². The van der Waals surface area contributed by atoms with Gasteiger partial charge in [0.05, 0.1) is 12.3 Å². The summed E-state index contributed by atoms with van der Waals surface area (Å²) in [6, 6.07) is 14.6. The molecule has 0 bridgehead atoms. The van der Waals surface area contributed by atoms with Gasteiger partial charge in [0.2, 0.25) is 0 Å². The van der Waals surface area contributed by atoms with E-state index in [0.717, 1.165) is 23.4 Å². The Morgan fingerprint density at radius 3 is 2.50 bits per heavy atom. The van der Waals surface area contributed by atoms with Crippen molar-refractivity contribution in [3.8, 4) is 22.8 Å². The minimum Gasteiger partial charge on any atom is -0.494 e. The molecule has 1 N–H and O–H groups in total. The van der Waals surface area contributed by atoms with Gasteiger partial charge in [-0.1, -0.05) is 18.5 Å². The molecular formula is C21H21ClN2O3S. The number of hydrogen-bond acceptors (Lipinski definition) is 5. The van der Waals surface area contributed by atoms with Crippen molar-refractivity contribution in [2.24, 2.45) is 0 Å². The summed E-state index contributed by atoms with van der Waals surface area (Å²) in [7, 11) is 0. The predicted molar refractivity (Wildman–Crippen MR) is 114 cm³/mol. The van der Waals surface area contributed by atoms with Gasteiger partial charge in [-0.2, -0.15) is 0 Å². The van der Waals surface area contributed by atoms with E-state index < -0.39 is 6.10 Å². The SMILES string of the molecule is CCCOc1ccc(-c2csc(NC(=O)[C@H](C)Oc3ccc(Cl)cc3)n2)cc1. The fraction of sp³-hybridized carbons (Fsp3) is 0.238. The molecule has 1 atom stereocenters. The average Bonchev–Trinajstić information content (AvgIpc) is 3.17. The summed E-state index contributed by atoms with van der Waals surface area (Å²) in [6.45, 7) is 4.46. The Morgan fingerprint density at radius 2 is 1.82 bits per heavy atom. The van der Waals surface area contributed by atoms with E-state index in [9.17, 15) is 4.79 Å². The first-order valence-electron chi connectivity index (χ1n) is 8.97. The lowest BCUT2D eigenvalue weighted by molar-refractivity contribution is -0.122. The zero-order valence-electron chi connectivity index (χ0n) is 15.6. The number of carbonyl (C=O) groups is 1. The van der Waals surface area contributed by atoms with E-state index in [1.54, 1.807) is 31.2 Å². The number of ether oxygens (including phenoxy) is 2. The molecule has 1 heterocycles. The molecule has 2 aromatic carbocycles. The van der Waals surface area contributed by atoms with Gasteiger partial charge in [0.25, 0.3) is 5.91 Å². The molecule has 146 valence electrons. The summed E-state index contributed by atoms with van der Waals surface area (Å²) in [5, 5.41) is 5.84. The summed E-state index contributed by atoms with van der Waals surface area (Å²) >= 11 is 7.22. The van der Waals surface area contributed by atoms with Crippen LogP contribution in [0.1, 0.15) is 20.3 Å². The average molecular weight is 417 g/mol. The molecule has 0 aliphatic carbocycles. The van der Waals surface area contributed by atoms with Crippen molar-refractivity contribution in [3.63, 3.8) is 0 Å². The lowest BCUT2D eigenvalue weighted by Crippen LogP contribution is -2.30. The molecular weight excluding hydrogens is 396 g/mol.